The van der Waals surface area contributed by atoms with Crippen LogP contribution in [0, 0.1) is 5.82 Å². The minimum atomic E-state index is -0.383. The maximum Gasteiger partial charge on any atom is 0.289 e. The molecule has 0 atom stereocenters. The van der Waals surface area contributed by atoms with Gasteiger partial charge in [-0.25, -0.2) is 9.37 Å². The van der Waals surface area contributed by atoms with Gasteiger partial charge in [0, 0.05) is 18.0 Å². The lowest BCUT2D eigenvalue weighted by molar-refractivity contribution is -0.116. The molecule has 2 heterocycles. The summed E-state index contributed by atoms with van der Waals surface area (Å²) in [4.78, 5) is 29.6. The van der Waals surface area contributed by atoms with Crippen molar-refractivity contribution in [3.63, 3.8) is 0 Å². The quantitative estimate of drug-likeness (QED) is 0.759. The summed E-state index contributed by atoms with van der Waals surface area (Å²) in [6, 6.07) is 9.07. The first-order chi connectivity index (χ1) is 12.0. The number of carbonyl (C=O) groups is 2. The third kappa shape index (κ3) is 4.10. The maximum absolute atomic E-state index is 13.0. The van der Waals surface area contributed by atoms with Crippen molar-refractivity contribution in [2.75, 3.05) is 18.9 Å². The second-order valence-electron chi connectivity index (χ2n) is 5.23. The van der Waals surface area contributed by atoms with Gasteiger partial charge in [0.25, 0.3) is 5.91 Å². The number of amides is 2. The molecule has 25 heavy (non-hydrogen) atoms. The van der Waals surface area contributed by atoms with Crippen molar-refractivity contribution in [1.29, 1.82) is 0 Å². The Morgan fingerprint density at radius 3 is 2.72 bits per heavy atom. The molecule has 0 spiro atoms. The van der Waals surface area contributed by atoms with Crippen LogP contribution in [0.3, 0.4) is 0 Å². The number of hydrogen-bond donors (Lipinski definition) is 1. The molecule has 0 aliphatic rings. The number of thiazole rings is 1. The number of likely N-dealkylation sites (N-methyl/N-ethyl adjacent to an activating group) is 1. The van der Waals surface area contributed by atoms with Crippen LogP contribution >= 0.6 is 11.3 Å². The smallest absolute Gasteiger partial charge is 0.289 e. The predicted octanol–water partition coefficient (Wildman–Crippen LogP) is 3.25. The first kappa shape index (κ1) is 16.8. The topological polar surface area (TPSA) is 75.4 Å². The average Bonchev–Trinajstić information content (AvgIpc) is 3.26. The SMILES string of the molecule is CN(CC(=O)Nc1nc(-c2ccc(F)cc2)cs1)C(=O)c1ccco1. The van der Waals surface area contributed by atoms with Crippen LogP contribution < -0.4 is 5.32 Å². The molecule has 8 heteroatoms. The van der Waals surface area contributed by atoms with Crippen LogP contribution in [0.4, 0.5) is 9.52 Å². The Morgan fingerprint density at radius 1 is 1.28 bits per heavy atom. The van der Waals surface area contributed by atoms with E-state index in [0.29, 0.717) is 10.8 Å². The van der Waals surface area contributed by atoms with Crippen molar-refractivity contribution >= 4 is 28.3 Å². The maximum atomic E-state index is 13.0. The van der Waals surface area contributed by atoms with E-state index in [-0.39, 0.29) is 29.9 Å². The Labute approximate surface area is 146 Å². The summed E-state index contributed by atoms with van der Waals surface area (Å²) in [7, 11) is 1.51. The molecular formula is C17H14FN3O3S. The monoisotopic (exact) mass is 359 g/mol. The van der Waals surface area contributed by atoms with Crippen LogP contribution in [-0.2, 0) is 4.79 Å². The van der Waals surface area contributed by atoms with Crippen LogP contribution in [0.25, 0.3) is 11.3 Å². The highest BCUT2D eigenvalue weighted by molar-refractivity contribution is 7.14. The van der Waals surface area contributed by atoms with Gasteiger partial charge in [-0.1, -0.05) is 0 Å². The summed E-state index contributed by atoms with van der Waals surface area (Å²) in [6.45, 7) is -0.134. The van der Waals surface area contributed by atoms with E-state index in [1.54, 1.807) is 23.6 Å². The molecule has 0 aliphatic carbocycles. The Hall–Kier alpha value is -3.00. The number of rotatable bonds is 5. The lowest BCUT2D eigenvalue weighted by Crippen LogP contribution is -2.34. The molecule has 2 aromatic heterocycles. The largest absolute Gasteiger partial charge is 0.459 e. The molecule has 6 nitrogen and oxygen atoms in total. The highest BCUT2D eigenvalue weighted by Crippen LogP contribution is 2.25. The fourth-order valence-corrected chi connectivity index (χ4v) is 2.85. The normalized spacial score (nSPS) is 10.5. The Balaban J connectivity index is 1.60. The van der Waals surface area contributed by atoms with Gasteiger partial charge in [0.2, 0.25) is 5.91 Å². The van der Waals surface area contributed by atoms with Gasteiger partial charge in [-0.15, -0.1) is 11.3 Å². The van der Waals surface area contributed by atoms with Gasteiger partial charge in [0.1, 0.15) is 12.4 Å². The van der Waals surface area contributed by atoms with Crippen molar-refractivity contribution in [3.05, 3.63) is 59.6 Å². The first-order valence-corrected chi connectivity index (χ1v) is 8.21. The molecule has 3 aromatic rings. The van der Waals surface area contributed by atoms with Crippen LogP contribution in [-0.4, -0.2) is 35.3 Å². The van der Waals surface area contributed by atoms with Gasteiger partial charge in [0.05, 0.1) is 12.0 Å². The fraction of sp³-hybridized carbons (Fsp3) is 0.118. The molecular weight excluding hydrogens is 345 g/mol. The van der Waals surface area contributed by atoms with Gasteiger partial charge in [-0.3, -0.25) is 9.59 Å². The standard InChI is InChI=1S/C17H14FN3O3S/c1-21(16(23)14-3-2-8-24-14)9-15(22)20-17-19-13(10-25-17)11-4-6-12(18)7-5-11/h2-8,10H,9H2,1H3,(H,19,20,22). The number of nitrogens with zero attached hydrogens (tertiary/aromatic N) is 2. The Morgan fingerprint density at radius 2 is 2.04 bits per heavy atom. The van der Waals surface area contributed by atoms with E-state index >= 15 is 0 Å². The summed E-state index contributed by atoms with van der Waals surface area (Å²) in [5.74, 6) is -0.909. The van der Waals surface area contributed by atoms with E-state index in [2.05, 4.69) is 10.3 Å². The lowest BCUT2D eigenvalue weighted by atomic mass is 10.2. The molecule has 0 fully saturated rings. The predicted molar refractivity (Wildman–Crippen MR) is 91.8 cm³/mol. The van der Waals surface area contributed by atoms with E-state index in [4.69, 9.17) is 4.42 Å². The summed E-state index contributed by atoms with van der Waals surface area (Å²) >= 11 is 1.25. The highest BCUT2D eigenvalue weighted by atomic mass is 32.1. The van der Waals surface area contributed by atoms with Gasteiger partial charge in [-0.2, -0.15) is 0 Å². The van der Waals surface area contributed by atoms with Crippen molar-refractivity contribution < 1.29 is 18.4 Å². The second-order valence-corrected chi connectivity index (χ2v) is 6.09. The van der Waals surface area contributed by atoms with Crippen molar-refractivity contribution in [2.45, 2.75) is 0 Å². The molecule has 0 bridgehead atoms. The molecule has 3 rings (SSSR count). The summed E-state index contributed by atoms with van der Waals surface area (Å²) in [5, 5.41) is 4.81. The number of aromatic nitrogens is 1. The summed E-state index contributed by atoms with van der Waals surface area (Å²) < 4.78 is 18.0. The van der Waals surface area contributed by atoms with Crippen molar-refractivity contribution in [2.24, 2.45) is 0 Å². The van der Waals surface area contributed by atoms with Crippen LogP contribution in [0.2, 0.25) is 0 Å². The Kier molecular flexibility index (Phi) is 4.90. The third-order valence-electron chi connectivity index (χ3n) is 3.35. The van der Waals surface area contributed by atoms with Crippen LogP contribution in [0.1, 0.15) is 10.6 Å². The van der Waals surface area contributed by atoms with E-state index in [9.17, 15) is 14.0 Å². The number of carbonyl (C=O) groups excluding carboxylic acids is 2. The molecule has 1 aromatic carbocycles. The van der Waals surface area contributed by atoms with Crippen LogP contribution in [0.5, 0.6) is 0 Å². The van der Waals surface area contributed by atoms with Crippen LogP contribution in [0.15, 0.2) is 52.5 Å². The first-order valence-electron chi connectivity index (χ1n) is 7.33. The minimum Gasteiger partial charge on any atom is -0.459 e. The molecule has 0 radical (unpaired) electrons. The molecule has 0 unspecified atom stereocenters. The number of hydrogen-bond acceptors (Lipinski definition) is 5. The fourth-order valence-electron chi connectivity index (χ4n) is 2.12. The zero-order chi connectivity index (χ0) is 17.8. The van der Waals surface area contributed by atoms with Gasteiger partial charge in [0.15, 0.2) is 10.9 Å². The average molecular weight is 359 g/mol. The number of furan rings is 1. The van der Waals surface area contributed by atoms with Gasteiger partial charge >= 0.3 is 0 Å². The number of nitrogens with one attached hydrogen (secondary N) is 1. The highest BCUT2D eigenvalue weighted by Gasteiger charge is 2.18. The third-order valence-corrected chi connectivity index (χ3v) is 4.11. The zero-order valence-electron chi connectivity index (χ0n) is 13.2. The van der Waals surface area contributed by atoms with E-state index in [1.807, 2.05) is 0 Å². The number of benzene rings is 1. The van der Waals surface area contributed by atoms with Gasteiger partial charge < -0.3 is 14.6 Å². The summed E-state index contributed by atoms with van der Waals surface area (Å²) in [6.07, 6.45) is 1.40. The van der Waals surface area contributed by atoms with E-state index in [1.165, 1.54) is 47.7 Å². The Bertz CT molecular complexity index is 875. The number of halogens is 1. The van der Waals surface area contributed by atoms with Gasteiger partial charge in [-0.05, 0) is 36.4 Å². The molecule has 2 amide bonds. The van der Waals surface area contributed by atoms with Crippen molar-refractivity contribution in [1.82, 2.24) is 9.88 Å². The summed E-state index contributed by atoms with van der Waals surface area (Å²) in [5.41, 5.74) is 1.39. The van der Waals surface area contributed by atoms with Crippen molar-refractivity contribution in [3.8, 4) is 11.3 Å². The molecule has 128 valence electrons. The molecule has 0 saturated carbocycles. The second kappa shape index (κ2) is 7.27. The lowest BCUT2D eigenvalue weighted by Gasteiger charge is -2.14. The van der Waals surface area contributed by atoms with E-state index < -0.39 is 0 Å². The molecule has 0 saturated heterocycles. The zero-order valence-corrected chi connectivity index (χ0v) is 14.0. The minimum absolute atomic E-state index is 0.134. The molecule has 0 aliphatic heterocycles. The number of anilines is 1. The molecule has 1 N–H and O–H groups in total. The van der Waals surface area contributed by atoms with E-state index in [0.717, 1.165) is 5.56 Å².